The highest BCUT2D eigenvalue weighted by molar-refractivity contribution is 7.46. The number of hydrogen-bond acceptors (Lipinski definition) is 9. The Hall–Kier alpha value is -1.70. The molecule has 134 valence electrons. The number of anilines is 1. The Morgan fingerprint density at radius 3 is 2.67 bits per heavy atom. The van der Waals surface area contributed by atoms with E-state index in [4.69, 9.17) is 20.3 Å². The average Bonchev–Trinajstić information content (AvgIpc) is 3.01. The largest absolute Gasteiger partial charge is 0.469 e. The van der Waals surface area contributed by atoms with Gasteiger partial charge in [0, 0.05) is 0 Å². The maximum atomic E-state index is 10.7. The number of aliphatic hydroxyl groups excluding tert-OH is 2. The molecule has 0 spiro atoms. The summed E-state index contributed by atoms with van der Waals surface area (Å²) in [4.78, 5) is 29.2. The van der Waals surface area contributed by atoms with E-state index in [9.17, 15) is 14.8 Å². The molecule has 0 amide bonds. The molecule has 1 aliphatic rings. The monoisotopic (exact) mass is 365 g/mol. The molecule has 8 N–H and O–H groups in total. The fourth-order valence-corrected chi connectivity index (χ4v) is 2.66. The van der Waals surface area contributed by atoms with Crippen LogP contribution in [0.25, 0.3) is 11.2 Å². The number of aliphatic hydroxyl groups is 2. The van der Waals surface area contributed by atoms with Crippen molar-refractivity contribution in [3.05, 3.63) is 12.7 Å². The van der Waals surface area contributed by atoms with Crippen molar-refractivity contribution in [1.29, 1.82) is 0 Å². The highest BCUT2D eigenvalue weighted by atomic mass is 31.2. The second-order valence-electron chi connectivity index (χ2n) is 4.92. The fraction of sp³-hybridized carbons (Fsp3) is 0.500. The number of nitrogen functional groups attached to an aromatic ring is 1. The maximum absolute atomic E-state index is 10.7. The Kier molecular flexibility index (Phi) is 5.17. The molecule has 1 aliphatic heterocycles. The molecule has 2 aromatic heterocycles. The van der Waals surface area contributed by atoms with Crippen LogP contribution >= 0.6 is 7.82 Å². The summed E-state index contributed by atoms with van der Waals surface area (Å²) in [6.45, 7) is -0.594. The predicted octanol–water partition coefficient (Wildman–Crippen LogP) is -2.69. The van der Waals surface area contributed by atoms with Gasteiger partial charge in [-0.25, -0.2) is 19.5 Å². The van der Waals surface area contributed by atoms with Crippen molar-refractivity contribution in [3.8, 4) is 0 Å². The van der Waals surface area contributed by atoms with E-state index in [1.807, 2.05) is 0 Å². The minimum absolute atomic E-state index is 0. The van der Waals surface area contributed by atoms with E-state index >= 15 is 0 Å². The second-order valence-corrected chi connectivity index (χ2v) is 6.15. The van der Waals surface area contributed by atoms with Gasteiger partial charge in [-0.2, -0.15) is 0 Å². The first-order valence-corrected chi connectivity index (χ1v) is 7.95. The van der Waals surface area contributed by atoms with E-state index in [1.165, 1.54) is 17.2 Å². The van der Waals surface area contributed by atoms with Crippen molar-refractivity contribution in [3.63, 3.8) is 0 Å². The first-order valence-electron chi connectivity index (χ1n) is 6.42. The summed E-state index contributed by atoms with van der Waals surface area (Å²) in [7, 11) is -4.72. The highest BCUT2D eigenvalue weighted by Gasteiger charge is 2.45. The first kappa shape index (κ1) is 18.6. The van der Waals surface area contributed by atoms with E-state index in [-0.39, 0.29) is 16.9 Å². The Balaban J connectivity index is 0.00000208. The molecular weight excluding hydrogens is 349 g/mol. The van der Waals surface area contributed by atoms with Crippen LogP contribution in [0.15, 0.2) is 12.7 Å². The van der Waals surface area contributed by atoms with Gasteiger partial charge in [-0.1, -0.05) is 0 Å². The quantitative estimate of drug-likeness (QED) is 0.351. The molecule has 0 bridgehead atoms. The molecule has 0 aliphatic carbocycles. The second kappa shape index (κ2) is 6.66. The van der Waals surface area contributed by atoms with Gasteiger partial charge in [0.25, 0.3) is 0 Å². The molecule has 1 fully saturated rings. The minimum atomic E-state index is -4.72. The Labute approximate surface area is 134 Å². The third kappa shape index (κ3) is 3.38. The van der Waals surface area contributed by atoms with Gasteiger partial charge in [0.1, 0.15) is 30.2 Å². The average molecular weight is 365 g/mol. The molecule has 1 saturated heterocycles. The van der Waals surface area contributed by atoms with Gasteiger partial charge in [-0.3, -0.25) is 9.09 Å². The predicted molar refractivity (Wildman–Crippen MR) is 77.3 cm³/mol. The van der Waals surface area contributed by atoms with Gasteiger partial charge in [0.05, 0.1) is 12.9 Å². The Bertz CT molecular complexity index is 765. The van der Waals surface area contributed by atoms with Crippen LogP contribution in [-0.2, 0) is 13.8 Å². The van der Waals surface area contributed by atoms with Crippen LogP contribution in [0, 0.1) is 0 Å². The van der Waals surface area contributed by atoms with Crippen molar-refractivity contribution in [2.75, 3.05) is 12.3 Å². The lowest BCUT2D eigenvalue weighted by Crippen LogP contribution is -2.33. The highest BCUT2D eigenvalue weighted by Crippen LogP contribution is 2.38. The van der Waals surface area contributed by atoms with E-state index in [0.717, 1.165) is 0 Å². The summed E-state index contributed by atoms with van der Waals surface area (Å²) in [5, 5.41) is 20.1. The maximum Gasteiger partial charge on any atom is 0.469 e. The lowest BCUT2D eigenvalue weighted by atomic mass is 10.1. The number of hydrogen-bond donors (Lipinski definition) is 5. The third-order valence-corrected chi connectivity index (χ3v) is 3.89. The van der Waals surface area contributed by atoms with Gasteiger partial charge < -0.3 is 35.9 Å². The molecule has 14 heteroatoms. The van der Waals surface area contributed by atoms with Crippen molar-refractivity contribution >= 4 is 24.8 Å². The van der Waals surface area contributed by atoms with Crippen molar-refractivity contribution in [2.45, 2.75) is 24.5 Å². The molecule has 3 heterocycles. The van der Waals surface area contributed by atoms with E-state index in [0.29, 0.717) is 5.52 Å². The summed E-state index contributed by atoms with van der Waals surface area (Å²) in [6, 6.07) is 0. The molecule has 13 nitrogen and oxygen atoms in total. The normalized spacial score (nSPS) is 27.3. The van der Waals surface area contributed by atoms with Crippen LogP contribution < -0.4 is 5.73 Å². The Morgan fingerprint density at radius 1 is 1.29 bits per heavy atom. The van der Waals surface area contributed by atoms with Crippen LogP contribution in [0.5, 0.6) is 0 Å². The molecular formula is C10H16N5O8P. The van der Waals surface area contributed by atoms with Crippen LogP contribution in [0.2, 0.25) is 0 Å². The third-order valence-electron chi connectivity index (χ3n) is 3.41. The molecule has 4 atom stereocenters. The topological polar surface area (TPSA) is 218 Å². The summed E-state index contributed by atoms with van der Waals surface area (Å²) < 4.78 is 21.8. The number of aromatic nitrogens is 4. The van der Waals surface area contributed by atoms with Crippen molar-refractivity contribution < 1.29 is 39.3 Å². The number of phosphoric ester groups is 1. The van der Waals surface area contributed by atoms with Crippen molar-refractivity contribution in [1.82, 2.24) is 19.5 Å². The first-order chi connectivity index (χ1) is 10.8. The zero-order chi connectivity index (χ0) is 16.8. The number of fused-ring (bicyclic) bond motifs is 1. The molecule has 0 radical (unpaired) electrons. The number of nitrogens with zero attached hydrogens (tertiary/aromatic N) is 4. The fourth-order valence-electron chi connectivity index (χ4n) is 2.32. The summed E-state index contributed by atoms with van der Waals surface area (Å²) >= 11 is 0. The number of rotatable bonds is 4. The summed E-state index contributed by atoms with van der Waals surface area (Å²) in [6.07, 6.45) is -2.49. The van der Waals surface area contributed by atoms with Crippen LogP contribution in [0.1, 0.15) is 6.23 Å². The van der Waals surface area contributed by atoms with Gasteiger partial charge in [0.15, 0.2) is 17.7 Å². The number of imidazole rings is 1. The lowest BCUT2D eigenvalue weighted by molar-refractivity contribution is -0.0504. The molecule has 0 unspecified atom stereocenters. The van der Waals surface area contributed by atoms with E-state index in [1.54, 1.807) is 0 Å². The number of phosphoric acid groups is 1. The SMILES string of the molecule is Nc1ncnc2c1ncn2[C@@H]1O[C@H](COP(=O)(O)O)[C@@H](O)[C@H]1O.O. The number of nitrogens with two attached hydrogens (primary N) is 1. The van der Waals surface area contributed by atoms with E-state index in [2.05, 4.69) is 19.5 Å². The standard InChI is InChI=1S/C10H14N5O7P.H2O/c11-8-5-9(13-2-12-8)15(3-14-5)10-7(17)6(16)4(22-10)1-21-23(18,19)20;/h2-4,6-7,10,16-17H,1H2,(H2,11,12,13)(H2,18,19,20);1H2/t4-,6-,7-,10-;/m1./s1. The molecule has 0 saturated carbocycles. The van der Waals surface area contributed by atoms with Gasteiger partial charge >= 0.3 is 7.82 Å². The van der Waals surface area contributed by atoms with Crippen LogP contribution in [0.4, 0.5) is 5.82 Å². The van der Waals surface area contributed by atoms with Gasteiger partial charge in [0.2, 0.25) is 0 Å². The molecule has 0 aromatic carbocycles. The zero-order valence-corrected chi connectivity index (χ0v) is 12.9. The molecule has 3 rings (SSSR count). The van der Waals surface area contributed by atoms with Crippen molar-refractivity contribution in [2.24, 2.45) is 0 Å². The Morgan fingerprint density at radius 2 is 2.00 bits per heavy atom. The smallest absolute Gasteiger partial charge is 0.412 e. The van der Waals surface area contributed by atoms with Crippen LogP contribution in [0.3, 0.4) is 0 Å². The summed E-state index contributed by atoms with van der Waals surface area (Å²) in [5.74, 6) is 0.142. The number of ether oxygens (including phenoxy) is 1. The van der Waals surface area contributed by atoms with Crippen LogP contribution in [-0.4, -0.2) is 69.9 Å². The van der Waals surface area contributed by atoms with Gasteiger partial charge in [-0.05, 0) is 0 Å². The lowest BCUT2D eigenvalue weighted by Gasteiger charge is -2.16. The summed E-state index contributed by atoms with van der Waals surface area (Å²) in [5.41, 5.74) is 6.25. The van der Waals surface area contributed by atoms with E-state index < -0.39 is 39.0 Å². The molecule has 24 heavy (non-hydrogen) atoms. The zero-order valence-electron chi connectivity index (χ0n) is 12.0. The van der Waals surface area contributed by atoms with Gasteiger partial charge in [-0.15, -0.1) is 0 Å². The molecule has 2 aromatic rings. The minimum Gasteiger partial charge on any atom is -0.412 e.